The van der Waals surface area contributed by atoms with Gasteiger partial charge in [0.1, 0.15) is 11.5 Å². The highest BCUT2D eigenvalue weighted by Crippen LogP contribution is 2.29. The van der Waals surface area contributed by atoms with Crippen LogP contribution in [0.15, 0.2) is 46.9 Å². The summed E-state index contributed by atoms with van der Waals surface area (Å²) in [7, 11) is 3.09. The second kappa shape index (κ2) is 7.23. The molecule has 0 atom stereocenters. The van der Waals surface area contributed by atoms with Crippen LogP contribution >= 0.6 is 11.6 Å². The molecule has 0 saturated carbocycles. The van der Waals surface area contributed by atoms with Gasteiger partial charge in [-0.05, 0) is 30.3 Å². The number of methoxy groups -OCH3 is 2. The van der Waals surface area contributed by atoms with Gasteiger partial charge in [0.25, 0.3) is 5.91 Å². The van der Waals surface area contributed by atoms with E-state index in [4.69, 9.17) is 25.5 Å². The Morgan fingerprint density at radius 2 is 1.80 bits per heavy atom. The lowest BCUT2D eigenvalue weighted by molar-refractivity contribution is 0.102. The number of hydrogen-bond donors (Lipinski definition) is 1. The van der Waals surface area contributed by atoms with E-state index in [-0.39, 0.29) is 11.9 Å². The molecule has 0 aliphatic rings. The molecule has 0 aliphatic heterocycles. The summed E-state index contributed by atoms with van der Waals surface area (Å²) in [6.07, 6.45) is 0. The summed E-state index contributed by atoms with van der Waals surface area (Å²) in [6, 6.07) is 11.7. The molecule has 1 heterocycles. The van der Waals surface area contributed by atoms with E-state index < -0.39 is 5.91 Å². The Labute approximate surface area is 148 Å². The minimum absolute atomic E-state index is 0.0261. The topological polar surface area (TPSA) is 86.5 Å². The number of anilines is 1. The summed E-state index contributed by atoms with van der Waals surface area (Å²) >= 11 is 5.88. The van der Waals surface area contributed by atoms with Crippen LogP contribution in [-0.2, 0) is 0 Å². The number of hydrogen-bond acceptors (Lipinski definition) is 6. The van der Waals surface area contributed by atoms with Gasteiger partial charge >= 0.3 is 6.01 Å². The molecule has 1 aromatic heterocycles. The molecule has 25 heavy (non-hydrogen) atoms. The molecular formula is C17H14ClN3O4. The van der Waals surface area contributed by atoms with Gasteiger partial charge in [0.15, 0.2) is 0 Å². The smallest absolute Gasteiger partial charge is 0.322 e. The molecule has 0 aliphatic carbocycles. The summed E-state index contributed by atoms with van der Waals surface area (Å²) in [5, 5.41) is 10.8. The zero-order valence-corrected chi connectivity index (χ0v) is 14.2. The lowest BCUT2D eigenvalue weighted by Gasteiger charge is -2.05. The monoisotopic (exact) mass is 359 g/mol. The summed E-state index contributed by atoms with van der Waals surface area (Å²) in [6.45, 7) is 0. The summed E-state index contributed by atoms with van der Waals surface area (Å²) in [5.41, 5.74) is 0.988. The predicted molar refractivity (Wildman–Crippen MR) is 92.2 cm³/mol. The van der Waals surface area contributed by atoms with E-state index in [1.54, 1.807) is 56.7 Å². The normalized spacial score (nSPS) is 10.4. The molecule has 0 fully saturated rings. The van der Waals surface area contributed by atoms with E-state index in [0.717, 1.165) is 0 Å². The number of aromatic nitrogens is 2. The zero-order chi connectivity index (χ0) is 17.8. The molecule has 0 spiro atoms. The summed E-state index contributed by atoms with van der Waals surface area (Å²) < 4.78 is 15.9. The number of rotatable bonds is 5. The fourth-order valence-electron chi connectivity index (χ4n) is 2.12. The molecule has 0 bridgehead atoms. The first-order chi connectivity index (χ1) is 12.1. The molecule has 8 heteroatoms. The highest BCUT2D eigenvalue weighted by molar-refractivity contribution is 6.31. The van der Waals surface area contributed by atoms with Crippen LogP contribution in [0.2, 0.25) is 5.02 Å². The minimum atomic E-state index is -0.402. The lowest BCUT2D eigenvalue weighted by Crippen LogP contribution is -2.11. The fraction of sp³-hybridized carbons (Fsp3) is 0.118. The number of carbonyl (C=O) groups is 1. The molecule has 3 rings (SSSR count). The molecular weight excluding hydrogens is 346 g/mol. The number of amides is 1. The quantitative estimate of drug-likeness (QED) is 0.748. The van der Waals surface area contributed by atoms with Crippen LogP contribution in [0, 0.1) is 0 Å². The van der Waals surface area contributed by atoms with Crippen LogP contribution in [0.3, 0.4) is 0 Å². The highest BCUT2D eigenvalue weighted by Gasteiger charge is 2.14. The standard InChI is InChI=1S/C17H14ClN3O4/c1-23-13-7-11(8-14(9-13)24-2)16-20-21-17(25-16)19-15(22)10-4-3-5-12(18)6-10/h3-9H,1-2H3,(H,19,21,22). The van der Waals surface area contributed by atoms with Crippen molar-refractivity contribution in [2.24, 2.45) is 0 Å². The second-order valence-electron chi connectivity index (χ2n) is 4.98. The number of benzene rings is 2. The van der Waals surface area contributed by atoms with Crippen molar-refractivity contribution in [3.63, 3.8) is 0 Å². The van der Waals surface area contributed by atoms with Crippen LogP contribution < -0.4 is 14.8 Å². The summed E-state index contributed by atoms with van der Waals surface area (Å²) in [4.78, 5) is 12.2. The summed E-state index contributed by atoms with van der Waals surface area (Å²) in [5.74, 6) is 0.980. The molecule has 0 unspecified atom stereocenters. The van der Waals surface area contributed by atoms with Crippen molar-refractivity contribution >= 4 is 23.5 Å². The third kappa shape index (κ3) is 3.89. The maximum atomic E-state index is 12.2. The van der Waals surface area contributed by atoms with Crippen molar-refractivity contribution in [3.8, 4) is 23.0 Å². The van der Waals surface area contributed by atoms with Gasteiger partial charge < -0.3 is 13.9 Å². The Bertz CT molecular complexity index is 888. The van der Waals surface area contributed by atoms with Gasteiger partial charge in [0.05, 0.1) is 14.2 Å². The van der Waals surface area contributed by atoms with E-state index in [0.29, 0.717) is 27.6 Å². The van der Waals surface area contributed by atoms with Crippen LogP contribution in [0.4, 0.5) is 6.01 Å². The number of nitrogens with zero attached hydrogens (tertiary/aromatic N) is 2. The van der Waals surface area contributed by atoms with Gasteiger partial charge in [-0.15, -0.1) is 5.10 Å². The molecule has 128 valence electrons. The minimum Gasteiger partial charge on any atom is -0.497 e. The molecule has 1 N–H and O–H groups in total. The average Bonchev–Trinajstić information content (AvgIpc) is 3.09. The van der Waals surface area contributed by atoms with E-state index in [1.807, 2.05) is 0 Å². The molecule has 0 radical (unpaired) electrons. The lowest BCUT2D eigenvalue weighted by atomic mass is 10.2. The van der Waals surface area contributed by atoms with Crippen molar-refractivity contribution in [1.82, 2.24) is 10.2 Å². The van der Waals surface area contributed by atoms with E-state index in [9.17, 15) is 4.79 Å². The van der Waals surface area contributed by atoms with Gasteiger partial charge in [0.2, 0.25) is 5.89 Å². The first-order valence-corrected chi connectivity index (χ1v) is 7.60. The first kappa shape index (κ1) is 16.8. The largest absolute Gasteiger partial charge is 0.497 e. The van der Waals surface area contributed by atoms with E-state index >= 15 is 0 Å². The predicted octanol–water partition coefficient (Wildman–Crippen LogP) is 3.66. The van der Waals surface area contributed by atoms with Crippen LogP contribution in [-0.4, -0.2) is 30.3 Å². The maximum Gasteiger partial charge on any atom is 0.322 e. The number of ether oxygens (including phenoxy) is 2. The van der Waals surface area contributed by atoms with Gasteiger partial charge in [-0.3, -0.25) is 10.1 Å². The van der Waals surface area contributed by atoms with Crippen molar-refractivity contribution < 1.29 is 18.7 Å². The van der Waals surface area contributed by atoms with Crippen molar-refractivity contribution in [3.05, 3.63) is 53.1 Å². The van der Waals surface area contributed by atoms with Gasteiger partial charge in [-0.25, -0.2) is 0 Å². The first-order valence-electron chi connectivity index (χ1n) is 7.23. The number of nitrogens with one attached hydrogen (secondary N) is 1. The molecule has 0 saturated heterocycles. The molecule has 3 aromatic rings. The maximum absolute atomic E-state index is 12.2. The molecule has 7 nitrogen and oxygen atoms in total. The Morgan fingerprint density at radius 1 is 1.08 bits per heavy atom. The van der Waals surface area contributed by atoms with Gasteiger partial charge in [0, 0.05) is 22.2 Å². The van der Waals surface area contributed by atoms with Gasteiger partial charge in [-0.2, -0.15) is 0 Å². The number of carbonyl (C=O) groups excluding carboxylic acids is 1. The van der Waals surface area contributed by atoms with Crippen molar-refractivity contribution in [2.45, 2.75) is 0 Å². The Hall–Kier alpha value is -3.06. The van der Waals surface area contributed by atoms with Crippen molar-refractivity contribution in [2.75, 3.05) is 19.5 Å². The van der Waals surface area contributed by atoms with E-state index in [2.05, 4.69) is 15.5 Å². The van der Waals surface area contributed by atoms with Crippen LogP contribution in [0.25, 0.3) is 11.5 Å². The third-order valence-electron chi connectivity index (χ3n) is 3.33. The Balaban J connectivity index is 1.82. The second-order valence-corrected chi connectivity index (χ2v) is 5.41. The highest BCUT2D eigenvalue weighted by atomic mass is 35.5. The number of halogens is 1. The van der Waals surface area contributed by atoms with Crippen LogP contribution in [0.5, 0.6) is 11.5 Å². The zero-order valence-electron chi connectivity index (χ0n) is 13.4. The van der Waals surface area contributed by atoms with E-state index in [1.165, 1.54) is 0 Å². The molecule has 1 amide bonds. The third-order valence-corrected chi connectivity index (χ3v) is 3.57. The Kier molecular flexibility index (Phi) is 4.85. The van der Waals surface area contributed by atoms with Gasteiger partial charge in [-0.1, -0.05) is 22.8 Å². The SMILES string of the molecule is COc1cc(OC)cc(-c2nnc(NC(=O)c3cccc(Cl)c3)o2)c1. The van der Waals surface area contributed by atoms with Crippen LogP contribution in [0.1, 0.15) is 10.4 Å². The Morgan fingerprint density at radius 3 is 2.44 bits per heavy atom. The fourth-order valence-corrected chi connectivity index (χ4v) is 2.31. The molecule has 2 aromatic carbocycles. The van der Waals surface area contributed by atoms with Crippen molar-refractivity contribution in [1.29, 1.82) is 0 Å². The average molecular weight is 360 g/mol.